The molecule has 0 aliphatic rings. The molecule has 0 saturated heterocycles. The summed E-state index contributed by atoms with van der Waals surface area (Å²) in [6.45, 7) is 0.225. The van der Waals surface area contributed by atoms with Gasteiger partial charge in [0.2, 0.25) is 0 Å². The van der Waals surface area contributed by atoms with Crippen LogP contribution in [-0.2, 0) is 0 Å². The summed E-state index contributed by atoms with van der Waals surface area (Å²) in [5.74, 6) is 0. The maximum atomic E-state index is 10.9. The van der Waals surface area contributed by atoms with Crippen molar-refractivity contribution in [3.8, 4) is 0 Å². The molecule has 1 amide bonds. The molecule has 1 aromatic rings. The Balaban J connectivity index is 2.79. The number of carboxylic acid groups (broad SMARTS) is 1. The van der Waals surface area contributed by atoms with E-state index < -0.39 is 6.09 Å². The highest BCUT2D eigenvalue weighted by molar-refractivity contribution is 9.10. The first-order valence-corrected chi connectivity index (χ1v) is 5.17. The second kappa shape index (κ2) is 5.67. The van der Waals surface area contributed by atoms with E-state index in [1.165, 1.54) is 6.20 Å². The highest BCUT2D eigenvalue weighted by Crippen LogP contribution is 2.15. The van der Waals surface area contributed by atoms with Crippen molar-refractivity contribution in [2.75, 3.05) is 18.1 Å². The van der Waals surface area contributed by atoms with Crippen LogP contribution in [0.25, 0.3) is 0 Å². The Kier molecular flexibility index (Phi) is 4.51. The first-order chi connectivity index (χ1) is 7.15. The van der Waals surface area contributed by atoms with Crippen LogP contribution in [0.1, 0.15) is 6.42 Å². The predicted molar refractivity (Wildman–Crippen MR) is 59.0 cm³/mol. The van der Waals surface area contributed by atoms with Gasteiger partial charge in [-0.25, -0.2) is 9.78 Å². The maximum Gasteiger partial charge on any atom is 0.411 e. The van der Waals surface area contributed by atoms with Gasteiger partial charge in [0.25, 0.3) is 0 Å². The number of rotatable bonds is 4. The second-order valence-electron chi connectivity index (χ2n) is 2.85. The minimum absolute atomic E-state index is 0.0340. The van der Waals surface area contributed by atoms with Gasteiger partial charge in [-0.05, 0) is 34.5 Å². The van der Waals surface area contributed by atoms with Crippen LogP contribution in [-0.4, -0.2) is 34.4 Å². The molecule has 0 saturated carbocycles. The monoisotopic (exact) mass is 274 g/mol. The Bertz CT molecular complexity index is 329. The molecule has 1 aromatic heterocycles. The summed E-state index contributed by atoms with van der Waals surface area (Å²) in [5.41, 5.74) is 0.499. The van der Waals surface area contributed by atoms with E-state index in [1.54, 1.807) is 12.1 Å². The van der Waals surface area contributed by atoms with Crippen LogP contribution >= 0.6 is 15.9 Å². The van der Waals surface area contributed by atoms with Gasteiger partial charge in [-0.2, -0.15) is 0 Å². The Morgan fingerprint density at radius 2 is 2.27 bits per heavy atom. The lowest BCUT2D eigenvalue weighted by atomic mass is 10.3. The van der Waals surface area contributed by atoms with E-state index in [0.717, 1.165) is 4.90 Å². The lowest BCUT2D eigenvalue weighted by Crippen LogP contribution is -2.30. The fraction of sp³-hybridized carbons (Fsp3) is 0.333. The van der Waals surface area contributed by atoms with Crippen molar-refractivity contribution >= 4 is 27.7 Å². The number of aliphatic hydroxyl groups excluding tert-OH is 1. The minimum atomic E-state index is -1.05. The van der Waals surface area contributed by atoms with Crippen LogP contribution in [0.5, 0.6) is 0 Å². The highest BCUT2D eigenvalue weighted by atomic mass is 79.9. The van der Waals surface area contributed by atoms with E-state index in [2.05, 4.69) is 20.9 Å². The third kappa shape index (κ3) is 3.49. The molecule has 0 unspecified atom stereocenters. The second-order valence-corrected chi connectivity index (χ2v) is 3.66. The van der Waals surface area contributed by atoms with E-state index in [1.807, 2.05) is 0 Å². The van der Waals surface area contributed by atoms with Crippen LogP contribution < -0.4 is 4.90 Å². The third-order valence-electron chi connectivity index (χ3n) is 1.79. The summed E-state index contributed by atoms with van der Waals surface area (Å²) in [5, 5.41) is 17.6. The average Bonchev–Trinajstić information content (AvgIpc) is 2.21. The van der Waals surface area contributed by atoms with Crippen LogP contribution in [0.3, 0.4) is 0 Å². The van der Waals surface area contributed by atoms with Crippen molar-refractivity contribution < 1.29 is 15.0 Å². The summed E-state index contributed by atoms with van der Waals surface area (Å²) in [4.78, 5) is 16.0. The molecule has 0 aliphatic carbocycles. The first kappa shape index (κ1) is 11.9. The highest BCUT2D eigenvalue weighted by Gasteiger charge is 2.13. The van der Waals surface area contributed by atoms with Gasteiger partial charge in [0, 0.05) is 13.2 Å². The number of hydrogen-bond donors (Lipinski definition) is 2. The van der Waals surface area contributed by atoms with Gasteiger partial charge < -0.3 is 10.2 Å². The molecule has 1 heterocycles. The van der Waals surface area contributed by atoms with Crippen molar-refractivity contribution in [1.29, 1.82) is 0 Å². The average molecular weight is 275 g/mol. The fourth-order valence-corrected chi connectivity index (χ4v) is 1.33. The topological polar surface area (TPSA) is 73.7 Å². The number of halogens is 1. The van der Waals surface area contributed by atoms with Crippen molar-refractivity contribution in [2.45, 2.75) is 6.42 Å². The SMILES string of the molecule is O=C(O)N(CCCO)c1ccc(Br)nc1. The van der Waals surface area contributed by atoms with E-state index in [-0.39, 0.29) is 13.2 Å². The molecule has 0 atom stereocenters. The number of aliphatic hydroxyl groups is 1. The van der Waals surface area contributed by atoms with Gasteiger partial charge in [-0.15, -0.1) is 0 Å². The molecule has 1 rings (SSSR count). The third-order valence-corrected chi connectivity index (χ3v) is 2.26. The smallest absolute Gasteiger partial charge is 0.411 e. The molecule has 5 nitrogen and oxygen atoms in total. The van der Waals surface area contributed by atoms with Gasteiger partial charge in [0.15, 0.2) is 0 Å². The van der Waals surface area contributed by atoms with Crippen LogP contribution in [0.4, 0.5) is 10.5 Å². The Morgan fingerprint density at radius 3 is 2.73 bits per heavy atom. The molecule has 0 aromatic carbocycles. The van der Waals surface area contributed by atoms with Crippen LogP contribution in [0, 0.1) is 0 Å². The lowest BCUT2D eigenvalue weighted by Gasteiger charge is -2.18. The molecule has 0 aliphatic heterocycles. The summed E-state index contributed by atoms with van der Waals surface area (Å²) in [6.07, 6.45) is 0.824. The normalized spacial score (nSPS) is 10.0. The Hall–Kier alpha value is -1.14. The largest absolute Gasteiger partial charge is 0.465 e. The number of hydrogen-bond acceptors (Lipinski definition) is 3. The molecular weight excluding hydrogens is 264 g/mol. The van der Waals surface area contributed by atoms with Gasteiger partial charge in [-0.1, -0.05) is 0 Å². The molecule has 6 heteroatoms. The van der Waals surface area contributed by atoms with Gasteiger partial charge in [0.1, 0.15) is 4.60 Å². The number of anilines is 1. The molecule has 2 N–H and O–H groups in total. The molecule has 0 bridgehead atoms. The molecule has 0 radical (unpaired) electrons. The molecular formula is C9H11BrN2O3. The summed E-state index contributed by atoms with van der Waals surface area (Å²) >= 11 is 3.17. The zero-order valence-electron chi connectivity index (χ0n) is 7.93. The molecule has 0 spiro atoms. The standard InChI is InChI=1S/C9H11BrN2O3/c10-8-3-2-7(6-11-8)12(9(14)15)4-1-5-13/h2-3,6,13H,1,4-5H2,(H,14,15). The zero-order valence-corrected chi connectivity index (χ0v) is 9.51. The van der Waals surface area contributed by atoms with Crippen molar-refractivity contribution in [2.24, 2.45) is 0 Å². The summed E-state index contributed by atoms with van der Waals surface area (Å²) < 4.78 is 0.652. The number of aromatic nitrogens is 1. The van der Waals surface area contributed by atoms with Crippen LogP contribution in [0.2, 0.25) is 0 Å². The van der Waals surface area contributed by atoms with E-state index in [0.29, 0.717) is 16.7 Å². The number of carbonyl (C=O) groups is 1. The summed E-state index contributed by atoms with van der Waals surface area (Å²) in [7, 11) is 0. The fourth-order valence-electron chi connectivity index (χ4n) is 1.09. The zero-order chi connectivity index (χ0) is 11.3. The van der Waals surface area contributed by atoms with Crippen molar-refractivity contribution in [1.82, 2.24) is 4.98 Å². The maximum absolute atomic E-state index is 10.9. The Labute approximate surface area is 95.5 Å². The van der Waals surface area contributed by atoms with E-state index in [9.17, 15) is 4.79 Å². The van der Waals surface area contributed by atoms with Crippen LogP contribution in [0.15, 0.2) is 22.9 Å². The lowest BCUT2D eigenvalue weighted by molar-refractivity contribution is 0.200. The Morgan fingerprint density at radius 1 is 1.53 bits per heavy atom. The van der Waals surface area contributed by atoms with Gasteiger partial charge in [-0.3, -0.25) is 4.90 Å². The van der Waals surface area contributed by atoms with Crippen molar-refractivity contribution in [3.63, 3.8) is 0 Å². The van der Waals surface area contributed by atoms with Crippen molar-refractivity contribution in [3.05, 3.63) is 22.9 Å². The number of nitrogens with zero attached hydrogens (tertiary/aromatic N) is 2. The molecule has 82 valence electrons. The quantitative estimate of drug-likeness (QED) is 0.820. The molecule has 15 heavy (non-hydrogen) atoms. The number of amides is 1. The first-order valence-electron chi connectivity index (χ1n) is 4.38. The number of pyridine rings is 1. The predicted octanol–water partition coefficient (Wildman–Crippen LogP) is 1.71. The minimum Gasteiger partial charge on any atom is -0.465 e. The van der Waals surface area contributed by atoms with Gasteiger partial charge in [0.05, 0.1) is 11.9 Å². The van der Waals surface area contributed by atoms with Gasteiger partial charge >= 0.3 is 6.09 Å². The molecule has 0 fully saturated rings. The van der Waals surface area contributed by atoms with E-state index in [4.69, 9.17) is 10.2 Å². The van der Waals surface area contributed by atoms with E-state index >= 15 is 0 Å². The summed E-state index contributed by atoms with van der Waals surface area (Å²) in [6, 6.07) is 3.33.